The molecule has 0 saturated heterocycles. The molecule has 8 nitrogen and oxygen atoms in total. The van der Waals surface area contributed by atoms with Crippen LogP contribution in [0.5, 0.6) is 5.75 Å². The van der Waals surface area contributed by atoms with Crippen LogP contribution in [0, 0.1) is 11.6 Å². The van der Waals surface area contributed by atoms with E-state index in [1.165, 1.54) is 30.8 Å². The van der Waals surface area contributed by atoms with Crippen molar-refractivity contribution in [3.05, 3.63) is 102 Å². The number of halogens is 2. The van der Waals surface area contributed by atoms with Crippen molar-refractivity contribution in [2.45, 2.75) is 13.2 Å². The number of aromatic nitrogens is 2. The van der Waals surface area contributed by atoms with Crippen LogP contribution in [0.15, 0.2) is 83.5 Å². The second kappa shape index (κ2) is 11.8. The number of anilines is 2. The van der Waals surface area contributed by atoms with Crippen molar-refractivity contribution in [1.82, 2.24) is 15.3 Å². The summed E-state index contributed by atoms with van der Waals surface area (Å²) >= 11 is 0. The van der Waals surface area contributed by atoms with Gasteiger partial charge in [-0.05, 0) is 35.9 Å². The molecule has 40 heavy (non-hydrogen) atoms. The SMILES string of the molecule is CS(=O)(=O)CCNCc1ccc(-c2cc3c(Nc4ccc(OCc5ccccc5)c(F)c4)ncnc3cc2F)o1. The van der Waals surface area contributed by atoms with Gasteiger partial charge in [0.2, 0.25) is 0 Å². The summed E-state index contributed by atoms with van der Waals surface area (Å²) in [7, 11) is -3.07. The Morgan fingerprint density at radius 1 is 0.950 bits per heavy atom. The van der Waals surface area contributed by atoms with Crippen LogP contribution in [0.25, 0.3) is 22.2 Å². The summed E-state index contributed by atoms with van der Waals surface area (Å²) in [6.45, 7) is 0.796. The van der Waals surface area contributed by atoms with Crippen molar-refractivity contribution in [1.29, 1.82) is 0 Å². The highest BCUT2D eigenvalue weighted by atomic mass is 32.2. The van der Waals surface area contributed by atoms with Crippen molar-refractivity contribution < 1.29 is 26.4 Å². The fourth-order valence-corrected chi connectivity index (χ4v) is 4.54. The second-order valence-corrected chi connectivity index (χ2v) is 11.4. The number of benzene rings is 3. The van der Waals surface area contributed by atoms with E-state index in [1.807, 2.05) is 30.3 Å². The average Bonchev–Trinajstić information content (AvgIpc) is 3.39. The van der Waals surface area contributed by atoms with Gasteiger partial charge in [-0.3, -0.25) is 0 Å². The molecule has 0 unspecified atom stereocenters. The second-order valence-electron chi connectivity index (χ2n) is 9.19. The van der Waals surface area contributed by atoms with Gasteiger partial charge < -0.3 is 19.8 Å². The number of furan rings is 1. The van der Waals surface area contributed by atoms with Crippen LogP contribution in [0.3, 0.4) is 0 Å². The molecule has 0 fully saturated rings. The molecule has 0 bridgehead atoms. The maximum atomic E-state index is 15.0. The number of hydrogen-bond acceptors (Lipinski definition) is 8. The minimum Gasteiger partial charge on any atom is -0.486 e. The lowest BCUT2D eigenvalue weighted by Crippen LogP contribution is -2.21. The van der Waals surface area contributed by atoms with E-state index in [1.54, 1.807) is 24.3 Å². The predicted molar refractivity (Wildman–Crippen MR) is 149 cm³/mol. The van der Waals surface area contributed by atoms with Gasteiger partial charge in [0.15, 0.2) is 11.6 Å². The molecule has 3 aromatic carbocycles. The summed E-state index contributed by atoms with van der Waals surface area (Å²) < 4.78 is 63.8. The molecule has 11 heteroatoms. The van der Waals surface area contributed by atoms with Crippen molar-refractivity contribution >= 4 is 32.2 Å². The van der Waals surface area contributed by atoms with Crippen LogP contribution in [0.4, 0.5) is 20.3 Å². The first kappa shape index (κ1) is 27.2. The van der Waals surface area contributed by atoms with Gasteiger partial charge in [-0.15, -0.1) is 0 Å². The van der Waals surface area contributed by atoms with Gasteiger partial charge in [0.05, 0.1) is 23.4 Å². The summed E-state index contributed by atoms with van der Waals surface area (Å²) in [6, 6.07) is 20.1. The number of rotatable bonds is 11. The molecule has 0 radical (unpaired) electrons. The van der Waals surface area contributed by atoms with Crippen LogP contribution in [0.1, 0.15) is 11.3 Å². The Hall–Kier alpha value is -4.35. The molecule has 0 aliphatic rings. The fourth-order valence-electron chi connectivity index (χ4n) is 4.02. The molecule has 2 aromatic heterocycles. The number of ether oxygens (including phenoxy) is 1. The van der Waals surface area contributed by atoms with Gasteiger partial charge in [0.1, 0.15) is 45.9 Å². The van der Waals surface area contributed by atoms with Crippen LogP contribution >= 0.6 is 0 Å². The van der Waals surface area contributed by atoms with Gasteiger partial charge in [-0.25, -0.2) is 27.2 Å². The first-order valence-corrected chi connectivity index (χ1v) is 14.5. The lowest BCUT2D eigenvalue weighted by molar-refractivity contribution is 0.290. The molecule has 206 valence electrons. The minimum absolute atomic E-state index is 0.00296. The highest BCUT2D eigenvalue weighted by molar-refractivity contribution is 7.90. The van der Waals surface area contributed by atoms with E-state index >= 15 is 4.39 Å². The number of fused-ring (bicyclic) bond motifs is 1. The summed E-state index contributed by atoms with van der Waals surface area (Å²) in [5.74, 6) is 0.218. The van der Waals surface area contributed by atoms with Gasteiger partial charge in [0, 0.05) is 36.0 Å². The largest absolute Gasteiger partial charge is 0.486 e. The van der Waals surface area contributed by atoms with E-state index in [4.69, 9.17) is 9.15 Å². The Kier molecular flexibility index (Phi) is 8.04. The molecule has 0 aliphatic heterocycles. The third kappa shape index (κ3) is 6.80. The molecule has 2 heterocycles. The Morgan fingerprint density at radius 3 is 2.55 bits per heavy atom. The maximum Gasteiger partial charge on any atom is 0.167 e. The smallest absolute Gasteiger partial charge is 0.167 e. The molecule has 5 aromatic rings. The molecular weight excluding hydrogens is 538 g/mol. The highest BCUT2D eigenvalue weighted by Crippen LogP contribution is 2.32. The predicted octanol–water partition coefficient (Wildman–Crippen LogP) is 5.62. The van der Waals surface area contributed by atoms with Crippen LogP contribution in [-0.4, -0.2) is 36.9 Å². The van der Waals surface area contributed by atoms with E-state index in [0.29, 0.717) is 33.9 Å². The van der Waals surface area contributed by atoms with Crippen molar-refractivity contribution in [2.24, 2.45) is 0 Å². The molecule has 0 spiro atoms. The molecule has 2 N–H and O–H groups in total. The van der Waals surface area contributed by atoms with Gasteiger partial charge >= 0.3 is 0 Å². The molecule has 0 atom stereocenters. The Bertz CT molecular complexity index is 1740. The Labute approximate surface area is 230 Å². The normalized spacial score (nSPS) is 11.6. The molecule has 0 amide bonds. The first-order chi connectivity index (χ1) is 19.2. The Balaban J connectivity index is 1.33. The van der Waals surface area contributed by atoms with Gasteiger partial charge in [-0.1, -0.05) is 30.3 Å². The average molecular weight is 565 g/mol. The molecule has 0 aliphatic carbocycles. The quantitative estimate of drug-likeness (QED) is 0.199. The van der Waals surface area contributed by atoms with E-state index in [-0.39, 0.29) is 36.8 Å². The molecular formula is C29H26F2N4O4S. The van der Waals surface area contributed by atoms with Crippen LogP contribution in [-0.2, 0) is 23.0 Å². The van der Waals surface area contributed by atoms with Crippen LogP contribution in [0.2, 0.25) is 0 Å². The maximum absolute atomic E-state index is 15.0. The third-order valence-electron chi connectivity index (χ3n) is 6.03. The monoisotopic (exact) mass is 564 g/mol. The summed E-state index contributed by atoms with van der Waals surface area (Å²) in [5, 5.41) is 6.58. The topological polar surface area (TPSA) is 106 Å². The molecule has 5 rings (SSSR count). The van der Waals surface area contributed by atoms with E-state index < -0.39 is 21.5 Å². The summed E-state index contributed by atoms with van der Waals surface area (Å²) in [4.78, 5) is 8.45. The highest BCUT2D eigenvalue weighted by Gasteiger charge is 2.15. The fraction of sp³-hybridized carbons (Fsp3) is 0.172. The number of nitrogens with zero attached hydrogens (tertiary/aromatic N) is 2. The summed E-state index contributed by atoms with van der Waals surface area (Å²) in [6.07, 6.45) is 2.47. The zero-order valence-corrected chi connectivity index (χ0v) is 22.3. The number of sulfone groups is 1. The van der Waals surface area contributed by atoms with Crippen LogP contribution < -0.4 is 15.4 Å². The first-order valence-electron chi connectivity index (χ1n) is 12.4. The minimum atomic E-state index is -3.07. The third-order valence-corrected chi connectivity index (χ3v) is 6.98. The zero-order valence-electron chi connectivity index (χ0n) is 21.5. The lowest BCUT2D eigenvalue weighted by Gasteiger charge is -2.12. The number of hydrogen-bond donors (Lipinski definition) is 2. The standard InChI is InChI=1S/C29H26F2N4O4S/c1-40(36,37)12-11-32-16-21-8-10-27(39-21)22-14-23-26(15-24(22)30)33-18-34-29(23)35-20-7-9-28(25(31)13-20)38-17-19-5-3-2-4-6-19/h2-10,13-15,18,32H,11-12,16-17H2,1H3,(H,33,34,35). The number of nitrogens with one attached hydrogen (secondary N) is 2. The van der Waals surface area contributed by atoms with Crippen molar-refractivity contribution in [3.8, 4) is 17.1 Å². The van der Waals surface area contributed by atoms with E-state index in [2.05, 4.69) is 20.6 Å². The van der Waals surface area contributed by atoms with Gasteiger partial charge in [0.25, 0.3) is 0 Å². The zero-order chi connectivity index (χ0) is 28.1. The summed E-state index contributed by atoms with van der Waals surface area (Å²) in [5.41, 5.74) is 1.90. The van der Waals surface area contributed by atoms with Crippen molar-refractivity contribution in [3.63, 3.8) is 0 Å². The van der Waals surface area contributed by atoms with Crippen molar-refractivity contribution in [2.75, 3.05) is 23.9 Å². The van der Waals surface area contributed by atoms with E-state index in [9.17, 15) is 12.8 Å². The Morgan fingerprint density at radius 2 is 1.77 bits per heavy atom. The molecule has 0 saturated carbocycles. The lowest BCUT2D eigenvalue weighted by atomic mass is 10.1. The van der Waals surface area contributed by atoms with E-state index in [0.717, 1.165) is 5.56 Å². The van der Waals surface area contributed by atoms with Gasteiger partial charge in [-0.2, -0.15) is 0 Å².